The maximum atomic E-state index is 12.1. The summed E-state index contributed by atoms with van der Waals surface area (Å²) in [4.78, 5) is 36.6. The maximum absolute atomic E-state index is 12.1. The van der Waals surface area contributed by atoms with Crippen LogP contribution in [0.1, 0.15) is 29.3 Å². The van der Waals surface area contributed by atoms with E-state index in [9.17, 15) is 14.4 Å². The van der Waals surface area contributed by atoms with Crippen LogP contribution in [0, 0.1) is 6.92 Å². The van der Waals surface area contributed by atoms with E-state index >= 15 is 0 Å². The summed E-state index contributed by atoms with van der Waals surface area (Å²) >= 11 is 1.19. The first-order valence-corrected chi connectivity index (χ1v) is 7.47. The third-order valence-electron chi connectivity index (χ3n) is 3.36. The molecule has 0 spiro atoms. The third-order valence-corrected chi connectivity index (χ3v) is 4.34. The van der Waals surface area contributed by atoms with Crippen LogP contribution in [0.5, 0.6) is 0 Å². The van der Waals surface area contributed by atoms with Crippen LogP contribution < -0.4 is 4.90 Å². The smallest absolute Gasteiger partial charge is 0.338 e. The Morgan fingerprint density at radius 1 is 1.38 bits per heavy atom. The van der Waals surface area contributed by atoms with Crippen molar-refractivity contribution >= 4 is 34.4 Å². The van der Waals surface area contributed by atoms with Gasteiger partial charge in [0.25, 0.3) is 0 Å². The fourth-order valence-electron chi connectivity index (χ4n) is 2.35. The van der Waals surface area contributed by atoms with Crippen molar-refractivity contribution in [3.8, 4) is 0 Å². The number of anilines is 1. The molecule has 0 N–H and O–H groups in total. The van der Waals surface area contributed by atoms with Gasteiger partial charge in [-0.3, -0.25) is 9.59 Å². The van der Waals surface area contributed by atoms with E-state index in [1.165, 1.54) is 25.8 Å². The van der Waals surface area contributed by atoms with Gasteiger partial charge in [-0.15, -0.1) is 0 Å². The summed E-state index contributed by atoms with van der Waals surface area (Å²) in [6.07, 6.45) is 0.339. The van der Waals surface area contributed by atoms with Crippen LogP contribution in [0.2, 0.25) is 0 Å². The molecule has 1 saturated heterocycles. The molecule has 0 aliphatic carbocycles. The number of ether oxygens (including phenoxy) is 1. The number of rotatable bonds is 3. The molecule has 1 aromatic carbocycles. The van der Waals surface area contributed by atoms with E-state index in [0.29, 0.717) is 24.2 Å². The molecule has 21 heavy (non-hydrogen) atoms. The van der Waals surface area contributed by atoms with Crippen molar-refractivity contribution in [1.29, 1.82) is 0 Å². The summed E-state index contributed by atoms with van der Waals surface area (Å²) in [5.41, 5.74) is 1.91. The fraction of sp³-hybridized carbons (Fsp3) is 0.400. The molecule has 2 rings (SSSR count). The van der Waals surface area contributed by atoms with Crippen LogP contribution in [0.3, 0.4) is 0 Å². The minimum absolute atomic E-state index is 0.00815. The first-order valence-electron chi connectivity index (χ1n) is 6.59. The number of carbonyl (C=O) groups is 3. The van der Waals surface area contributed by atoms with Crippen LogP contribution in [-0.4, -0.2) is 35.9 Å². The highest BCUT2D eigenvalue weighted by Crippen LogP contribution is 2.29. The molecule has 0 saturated carbocycles. The predicted molar refractivity (Wildman–Crippen MR) is 81.5 cm³/mol. The van der Waals surface area contributed by atoms with E-state index in [1.54, 1.807) is 23.1 Å². The van der Waals surface area contributed by atoms with Gasteiger partial charge in [-0.2, -0.15) is 0 Å². The second-order valence-corrected chi connectivity index (χ2v) is 6.41. The molecule has 1 amide bonds. The van der Waals surface area contributed by atoms with Gasteiger partial charge in [-0.25, -0.2) is 4.79 Å². The molecule has 5 nitrogen and oxygen atoms in total. The van der Waals surface area contributed by atoms with Crippen LogP contribution >= 0.6 is 11.8 Å². The number of hydrogen-bond donors (Lipinski definition) is 0. The van der Waals surface area contributed by atoms with Crippen LogP contribution in [0.25, 0.3) is 0 Å². The second kappa shape index (κ2) is 6.30. The van der Waals surface area contributed by atoms with E-state index in [2.05, 4.69) is 0 Å². The van der Waals surface area contributed by atoms with Gasteiger partial charge < -0.3 is 9.64 Å². The summed E-state index contributed by atoms with van der Waals surface area (Å²) in [6.45, 7) is 3.79. The lowest BCUT2D eigenvalue weighted by Crippen LogP contribution is -2.25. The quantitative estimate of drug-likeness (QED) is 0.801. The molecule has 6 heteroatoms. The monoisotopic (exact) mass is 307 g/mol. The summed E-state index contributed by atoms with van der Waals surface area (Å²) in [5, 5.41) is -0.0216. The largest absolute Gasteiger partial charge is 0.465 e. The minimum atomic E-state index is -0.421. The lowest BCUT2D eigenvalue weighted by Gasteiger charge is -2.18. The Kier molecular flexibility index (Phi) is 4.67. The predicted octanol–water partition coefficient (Wildman–Crippen LogP) is 2.17. The first-order chi connectivity index (χ1) is 9.92. The third kappa shape index (κ3) is 3.44. The Bertz CT molecular complexity index is 599. The Labute approximate surface area is 127 Å². The lowest BCUT2D eigenvalue weighted by atomic mass is 10.1. The molecular weight excluding hydrogens is 290 g/mol. The van der Waals surface area contributed by atoms with Crippen molar-refractivity contribution < 1.29 is 19.1 Å². The number of esters is 1. The molecule has 112 valence electrons. The van der Waals surface area contributed by atoms with E-state index in [-0.39, 0.29) is 16.3 Å². The van der Waals surface area contributed by atoms with Gasteiger partial charge in [0, 0.05) is 30.8 Å². The molecule has 0 radical (unpaired) electrons. The highest BCUT2D eigenvalue weighted by Gasteiger charge is 2.32. The maximum Gasteiger partial charge on any atom is 0.338 e. The standard InChI is InChI=1S/C15H17NO4S/c1-9-4-5-11(6-13(9)15(19)20-3)16-8-12(7-14(16)18)21-10(2)17/h4-6,12H,7-8H2,1-3H3. The van der Waals surface area contributed by atoms with Gasteiger partial charge >= 0.3 is 5.97 Å². The molecule has 0 aromatic heterocycles. The average Bonchev–Trinajstić information content (AvgIpc) is 2.78. The summed E-state index contributed by atoms with van der Waals surface area (Å²) < 4.78 is 4.74. The summed E-state index contributed by atoms with van der Waals surface area (Å²) in [6, 6.07) is 5.26. The van der Waals surface area contributed by atoms with Crippen molar-refractivity contribution in [3.05, 3.63) is 29.3 Å². The zero-order chi connectivity index (χ0) is 15.6. The topological polar surface area (TPSA) is 63.7 Å². The van der Waals surface area contributed by atoms with Gasteiger partial charge in [-0.1, -0.05) is 17.8 Å². The van der Waals surface area contributed by atoms with Crippen LogP contribution in [-0.2, 0) is 14.3 Å². The molecule has 1 heterocycles. The normalized spacial score (nSPS) is 18.0. The van der Waals surface area contributed by atoms with Crippen molar-refractivity contribution in [2.24, 2.45) is 0 Å². The molecular formula is C15H17NO4S. The van der Waals surface area contributed by atoms with Crippen molar-refractivity contribution in [1.82, 2.24) is 0 Å². The molecule has 1 unspecified atom stereocenters. The van der Waals surface area contributed by atoms with E-state index < -0.39 is 5.97 Å². The van der Waals surface area contributed by atoms with Crippen LogP contribution in [0.4, 0.5) is 5.69 Å². The highest BCUT2D eigenvalue weighted by molar-refractivity contribution is 8.14. The Balaban J connectivity index is 2.24. The Morgan fingerprint density at radius 3 is 2.71 bits per heavy atom. The Morgan fingerprint density at radius 2 is 2.10 bits per heavy atom. The van der Waals surface area contributed by atoms with Gasteiger partial charge in [-0.05, 0) is 24.6 Å². The lowest BCUT2D eigenvalue weighted by molar-refractivity contribution is -0.117. The highest BCUT2D eigenvalue weighted by atomic mass is 32.2. The SMILES string of the molecule is COC(=O)c1cc(N2CC(SC(C)=O)CC2=O)ccc1C. The molecule has 1 aliphatic rings. The number of nitrogens with zero attached hydrogens (tertiary/aromatic N) is 1. The van der Waals surface area contributed by atoms with E-state index in [4.69, 9.17) is 4.74 Å². The first kappa shape index (κ1) is 15.6. The molecule has 1 atom stereocenters. The fourth-order valence-corrected chi connectivity index (χ4v) is 3.26. The summed E-state index contributed by atoms with van der Waals surface area (Å²) in [7, 11) is 1.33. The van der Waals surface area contributed by atoms with Crippen molar-refractivity contribution in [2.75, 3.05) is 18.6 Å². The number of amides is 1. The van der Waals surface area contributed by atoms with Gasteiger partial charge in [0.2, 0.25) is 5.91 Å². The number of thioether (sulfide) groups is 1. The van der Waals surface area contributed by atoms with Gasteiger partial charge in [0.05, 0.1) is 12.7 Å². The number of methoxy groups -OCH3 is 1. The molecule has 0 bridgehead atoms. The van der Waals surface area contributed by atoms with E-state index in [0.717, 1.165) is 5.56 Å². The summed E-state index contributed by atoms with van der Waals surface area (Å²) in [5.74, 6) is -0.455. The number of benzene rings is 1. The zero-order valence-corrected chi connectivity index (χ0v) is 13.0. The van der Waals surface area contributed by atoms with Crippen molar-refractivity contribution in [2.45, 2.75) is 25.5 Å². The Hall–Kier alpha value is -1.82. The molecule has 1 aromatic rings. The number of hydrogen-bond acceptors (Lipinski definition) is 5. The average molecular weight is 307 g/mol. The number of carbonyl (C=O) groups excluding carboxylic acids is 3. The molecule has 1 aliphatic heterocycles. The van der Waals surface area contributed by atoms with Crippen molar-refractivity contribution in [3.63, 3.8) is 0 Å². The zero-order valence-electron chi connectivity index (χ0n) is 12.2. The van der Waals surface area contributed by atoms with Gasteiger partial charge in [0.15, 0.2) is 5.12 Å². The van der Waals surface area contributed by atoms with Crippen LogP contribution in [0.15, 0.2) is 18.2 Å². The molecule has 1 fully saturated rings. The minimum Gasteiger partial charge on any atom is -0.465 e. The number of aryl methyl sites for hydroxylation is 1. The van der Waals surface area contributed by atoms with Gasteiger partial charge in [0.1, 0.15) is 0 Å². The second-order valence-electron chi connectivity index (χ2n) is 4.93. The van der Waals surface area contributed by atoms with E-state index in [1.807, 2.05) is 6.92 Å².